The maximum Gasteiger partial charge on any atom is 0.254 e. The molecule has 0 saturated carbocycles. The Hall–Kier alpha value is -2.86. The van der Waals surface area contributed by atoms with Crippen LogP contribution >= 0.6 is 0 Å². The lowest BCUT2D eigenvalue weighted by atomic mass is 10.1. The van der Waals surface area contributed by atoms with Crippen LogP contribution in [0.5, 0.6) is 5.75 Å². The van der Waals surface area contributed by atoms with E-state index in [1.54, 1.807) is 0 Å². The number of nitrogens with zero attached hydrogens (tertiary/aromatic N) is 3. The van der Waals surface area contributed by atoms with Gasteiger partial charge >= 0.3 is 0 Å². The highest BCUT2D eigenvalue weighted by Crippen LogP contribution is 2.24. The molecule has 33 heavy (non-hydrogen) atoms. The molecule has 6 nitrogen and oxygen atoms in total. The van der Waals surface area contributed by atoms with Crippen LogP contribution < -0.4 is 4.74 Å². The van der Waals surface area contributed by atoms with Crippen molar-refractivity contribution < 1.29 is 14.3 Å². The van der Waals surface area contributed by atoms with Gasteiger partial charge in [0.15, 0.2) is 0 Å². The first-order valence-electron chi connectivity index (χ1n) is 12.3. The second kappa shape index (κ2) is 9.96. The number of rotatable bonds is 7. The lowest BCUT2D eigenvalue weighted by Crippen LogP contribution is -2.42. The molecule has 3 fully saturated rings. The maximum absolute atomic E-state index is 13.1. The number of ether oxygens (including phenoxy) is 1. The van der Waals surface area contributed by atoms with Crippen LogP contribution in [0, 0.1) is 0 Å². The van der Waals surface area contributed by atoms with Crippen LogP contribution in [-0.2, 0) is 6.61 Å². The van der Waals surface area contributed by atoms with Crippen molar-refractivity contribution in [1.82, 2.24) is 14.7 Å². The molecule has 1 unspecified atom stereocenters. The molecule has 174 valence electrons. The minimum Gasteiger partial charge on any atom is -0.489 e. The van der Waals surface area contributed by atoms with Gasteiger partial charge in [-0.1, -0.05) is 12.1 Å². The van der Waals surface area contributed by atoms with Gasteiger partial charge in [-0.2, -0.15) is 0 Å². The molecular weight excluding hydrogens is 414 g/mol. The second-order valence-corrected chi connectivity index (χ2v) is 9.46. The summed E-state index contributed by atoms with van der Waals surface area (Å²) in [5.74, 6) is 0.975. The summed E-state index contributed by atoms with van der Waals surface area (Å²) in [5, 5.41) is 0. The number of benzene rings is 2. The SMILES string of the molecule is O=C(c1ccc(COc2ccc(C(=O)N3CCCC3CN3CCCC3)cc2)cc1)N1CCC1. The van der Waals surface area contributed by atoms with E-state index >= 15 is 0 Å². The monoisotopic (exact) mass is 447 g/mol. The van der Waals surface area contributed by atoms with E-state index < -0.39 is 0 Å². The fourth-order valence-electron chi connectivity index (χ4n) is 5.03. The lowest BCUT2D eigenvalue weighted by molar-refractivity contribution is 0.0651. The average Bonchev–Trinajstić information content (AvgIpc) is 3.49. The van der Waals surface area contributed by atoms with Gasteiger partial charge in [-0.3, -0.25) is 9.59 Å². The zero-order chi connectivity index (χ0) is 22.6. The van der Waals surface area contributed by atoms with Gasteiger partial charge < -0.3 is 19.4 Å². The highest BCUT2D eigenvalue weighted by molar-refractivity contribution is 5.95. The molecule has 3 aliphatic heterocycles. The molecule has 0 bridgehead atoms. The minimum atomic E-state index is 0.106. The molecule has 2 aromatic rings. The number of amides is 2. The average molecular weight is 448 g/mol. The summed E-state index contributed by atoms with van der Waals surface area (Å²) in [6.07, 6.45) is 5.85. The Labute approximate surface area is 196 Å². The van der Waals surface area contributed by atoms with E-state index in [9.17, 15) is 9.59 Å². The molecular formula is C27H33N3O3. The number of carbonyl (C=O) groups excluding carboxylic acids is 2. The zero-order valence-corrected chi connectivity index (χ0v) is 19.2. The van der Waals surface area contributed by atoms with Gasteiger partial charge in [-0.05, 0) is 87.2 Å². The van der Waals surface area contributed by atoms with Crippen LogP contribution in [0.15, 0.2) is 48.5 Å². The van der Waals surface area contributed by atoms with Gasteiger partial charge in [0, 0.05) is 43.3 Å². The van der Waals surface area contributed by atoms with Crippen LogP contribution in [0.3, 0.4) is 0 Å². The standard InChI is InChI=1S/C27H33N3O3/c31-26(29-16-4-17-29)22-8-6-21(7-9-22)20-33-25-12-10-23(11-13-25)27(32)30-18-3-5-24(30)19-28-14-1-2-15-28/h6-13,24H,1-5,14-20H2. The van der Waals surface area contributed by atoms with Crippen molar-refractivity contribution in [3.8, 4) is 5.75 Å². The summed E-state index contributed by atoms with van der Waals surface area (Å²) in [7, 11) is 0. The summed E-state index contributed by atoms with van der Waals surface area (Å²) in [6, 6.07) is 15.5. The van der Waals surface area contributed by atoms with Gasteiger partial charge in [0.25, 0.3) is 11.8 Å². The molecule has 5 rings (SSSR count). The molecule has 0 aliphatic carbocycles. The van der Waals surface area contributed by atoms with Crippen molar-refractivity contribution in [3.63, 3.8) is 0 Å². The Balaban J connectivity index is 1.14. The van der Waals surface area contributed by atoms with Crippen molar-refractivity contribution in [3.05, 3.63) is 65.2 Å². The molecule has 0 aromatic heterocycles. The quantitative estimate of drug-likeness (QED) is 0.648. The molecule has 6 heteroatoms. The van der Waals surface area contributed by atoms with Crippen molar-refractivity contribution in [2.24, 2.45) is 0 Å². The Kier molecular flexibility index (Phi) is 6.63. The summed E-state index contributed by atoms with van der Waals surface area (Å²) < 4.78 is 5.92. The minimum absolute atomic E-state index is 0.106. The Morgan fingerprint density at radius 3 is 2.09 bits per heavy atom. The summed E-state index contributed by atoms with van der Waals surface area (Å²) in [6.45, 7) is 6.35. The van der Waals surface area contributed by atoms with Gasteiger partial charge in [-0.25, -0.2) is 0 Å². The van der Waals surface area contributed by atoms with E-state index in [0.717, 1.165) is 67.9 Å². The molecule has 0 spiro atoms. The van der Waals surface area contributed by atoms with E-state index in [1.165, 1.54) is 25.9 Å². The normalized spacial score (nSPS) is 20.7. The highest BCUT2D eigenvalue weighted by atomic mass is 16.5. The highest BCUT2D eigenvalue weighted by Gasteiger charge is 2.31. The van der Waals surface area contributed by atoms with Gasteiger partial charge in [0.1, 0.15) is 12.4 Å². The van der Waals surface area contributed by atoms with Crippen LogP contribution in [-0.4, -0.2) is 71.8 Å². The Morgan fingerprint density at radius 1 is 0.758 bits per heavy atom. The third kappa shape index (κ3) is 5.06. The third-order valence-electron chi connectivity index (χ3n) is 7.16. The van der Waals surface area contributed by atoms with Gasteiger partial charge in [0.2, 0.25) is 0 Å². The first-order chi connectivity index (χ1) is 16.2. The molecule has 1 atom stereocenters. The Morgan fingerprint density at radius 2 is 1.42 bits per heavy atom. The topological polar surface area (TPSA) is 53.1 Å². The largest absolute Gasteiger partial charge is 0.489 e. The lowest BCUT2D eigenvalue weighted by Gasteiger charge is -2.30. The number of hydrogen-bond acceptors (Lipinski definition) is 4. The predicted molar refractivity (Wildman–Crippen MR) is 127 cm³/mol. The zero-order valence-electron chi connectivity index (χ0n) is 19.2. The number of likely N-dealkylation sites (tertiary alicyclic amines) is 3. The fraction of sp³-hybridized carbons (Fsp3) is 0.481. The summed E-state index contributed by atoms with van der Waals surface area (Å²) >= 11 is 0. The van der Waals surface area contributed by atoms with Crippen LogP contribution in [0.25, 0.3) is 0 Å². The first-order valence-corrected chi connectivity index (χ1v) is 12.3. The first kappa shape index (κ1) is 22.0. The van der Waals surface area contributed by atoms with E-state index in [-0.39, 0.29) is 11.8 Å². The van der Waals surface area contributed by atoms with E-state index in [4.69, 9.17) is 4.74 Å². The molecule has 2 aromatic carbocycles. The van der Waals surface area contributed by atoms with Crippen molar-refractivity contribution in [2.45, 2.75) is 44.8 Å². The third-order valence-corrected chi connectivity index (χ3v) is 7.16. The smallest absolute Gasteiger partial charge is 0.254 e. The number of hydrogen-bond donors (Lipinski definition) is 0. The predicted octanol–water partition coefficient (Wildman–Crippen LogP) is 3.81. The van der Waals surface area contributed by atoms with Crippen LogP contribution in [0.2, 0.25) is 0 Å². The van der Waals surface area contributed by atoms with Crippen LogP contribution in [0.4, 0.5) is 0 Å². The van der Waals surface area contributed by atoms with Gasteiger partial charge in [0.05, 0.1) is 0 Å². The van der Waals surface area contributed by atoms with Gasteiger partial charge in [-0.15, -0.1) is 0 Å². The number of carbonyl (C=O) groups is 2. The van der Waals surface area contributed by atoms with Crippen molar-refractivity contribution >= 4 is 11.8 Å². The molecule has 0 N–H and O–H groups in total. The molecule has 2 amide bonds. The second-order valence-electron chi connectivity index (χ2n) is 9.46. The molecule has 3 saturated heterocycles. The Bertz CT molecular complexity index is 963. The maximum atomic E-state index is 13.1. The fourth-order valence-corrected chi connectivity index (χ4v) is 5.03. The van der Waals surface area contributed by atoms with E-state index in [0.29, 0.717) is 12.6 Å². The summed E-state index contributed by atoms with van der Waals surface area (Å²) in [4.78, 5) is 31.8. The van der Waals surface area contributed by atoms with Crippen molar-refractivity contribution in [1.29, 1.82) is 0 Å². The summed E-state index contributed by atoms with van der Waals surface area (Å²) in [5.41, 5.74) is 2.47. The van der Waals surface area contributed by atoms with E-state index in [1.807, 2.05) is 53.4 Å². The van der Waals surface area contributed by atoms with E-state index in [2.05, 4.69) is 9.80 Å². The molecule has 3 aliphatic rings. The van der Waals surface area contributed by atoms with Crippen LogP contribution in [0.1, 0.15) is 58.4 Å². The molecule has 3 heterocycles. The van der Waals surface area contributed by atoms with Crippen molar-refractivity contribution in [2.75, 3.05) is 39.3 Å². The molecule has 0 radical (unpaired) electrons.